The van der Waals surface area contributed by atoms with Gasteiger partial charge in [0.25, 0.3) is 0 Å². The van der Waals surface area contributed by atoms with Gasteiger partial charge in [0.1, 0.15) is 23.8 Å². The predicted molar refractivity (Wildman–Crippen MR) is 118 cm³/mol. The molecule has 31 heavy (non-hydrogen) atoms. The second-order valence-electron chi connectivity index (χ2n) is 7.82. The summed E-state index contributed by atoms with van der Waals surface area (Å²) in [5.74, 6) is -0.270. The van der Waals surface area contributed by atoms with Gasteiger partial charge in [-0.3, -0.25) is 4.98 Å². The van der Waals surface area contributed by atoms with Crippen LogP contribution in [-0.2, 0) is 6.42 Å². The second-order valence-corrected chi connectivity index (χ2v) is 8.23. The number of nitrogen functional groups attached to an aromatic ring is 1. The average molecular weight is 439 g/mol. The number of aliphatic hydroxyl groups excluding tert-OH is 2. The molecule has 0 saturated heterocycles. The van der Waals surface area contributed by atoms with Crippen molar-refractivity contribution in [2.45, 2.75) is 31.1 Å². The maximum Gasteiger partial charge on any atom is 0.142 e. The molecule has 0 spiro atoms. The number of anilines is 1. The van der Waals surface area contributed by atoms with Crippen LogP contribution in [0.1, 0.15) is 18.0 Å². The van der Waals surface area contributed by atoms with Crippen molar-refractivity contribution < 1.29 is 14.6 Å². The molecule has 1 aliphatic rings. The van der Waals surface area contributed by atoms with E-state index in [1.165, 1.54) is 12.1 Å². The maximum atomic E-state index is 14.5. The molecule has 4 N–H and O–H groups in total. The van der Waals surface area contributed by atoms with E-state index in [2.05, 4.69) is 9.97 Å². The molecule has 2 unspecified atom stereocenters. The highest BCUT2D eigenvalue weighted by Crippen LogP contribution is 2.35. The van der Waals surface area contributed by atoms with Crippen LogP contribution in [0.5, 0.6) is 0 Å². The number of nitrogens with zero attached hydrogens (tertiary/aromatic N) is 3. The lowest BCUT2D eigenvalue weighted by Gasteiger charge is -2.20. The number of aromatic nitrogens is 3. The maximum absolute atomic E-state index is 14.5. The molecule has 0 fully saturated rings. The van der Waals surface area contributed by atoms with E-state index in [0.29, 0.717) is 23.7 Å². The summed E-state index contributed by atoms with van der Waals surface area (Å²) >= 11 is 5.95. The van der Waals surface area contributed by atoms with Gasteiger partial charge in [0, 0.05) is 29.4 Å². The Bertz CT molecular complexity index is 1340. The average Bonchev–Trinajstić information content (AvgIpc) is 3.29. The molecule has 3 heterocycles. The van der Waals surface area contributed by atoms with Crippen molar-refractivity contribution in [2.24, 2.45) is 0 Å². The van der Waals surface area contributed by atoms with Crippen LogP contribution in [0.3, 0.4) is 0 Å². The zero-order chi connectivity index (χ0) is 21.7. The van der Waals surface area contributed by atoms with Crippen LogP contribution in [0.4, 0.5) is 10.2 Å². The third-order valence-electron chi connectivity index (χ3n) is 5.91. The molecule has 5 rings (SSSR count). The third kappa shape index (κ3) is 3.44. The Morgan fingerprint density at radius 1 is 1.16 bits per heavy atom. The molecule has 1 aromatic carbocycles. The Kier molecular flexibility index (Phi) is 4.89. The first kappa shape index (κ1) is 19.9. The molecule has 3 atom stereocenters. The van der Waals surface area contributed by atoms with Gasteiger partial charge < -0.3 is 20.5 Å². The number of aryl methyl sites for hydroxylation is 1. The van der Waals surface area contributed by atoms with E-state index in [0.717, 1.165) is 22.0 Å². The van der Waals surface area contributed by atoms with Crippen LogP contribution in [0, 0.1) is 5.82 Å². The molecule has 0 radical (unpaired) electrons. The van der Waals surface area contributed by atoms with Gasteiger partial charge in [-0.15, -0.1) is 0 Å². The number of aliphatic hydroxyl groups is 2. The van der Waals surface area contributed by atoms with Gasteiger partial charge >= 0.3 is 0 Å². The van der Waals surface area contributed by atoms with Crippen molar-refractivity contribution in [3.63, 3.8) is 0 Å². The monoisotopic (exact) mass is 438 g/mol. The molecular weight excluding hydrogens is 419 g/mol. The van der Waals surface area contributed by atoms with Gasteiger partial charge in [-0.05, 0) is 54.3 Å². The molecule has 4 aromatic rings. The van der Waals surface area contributed by atoms with Crippen molar-refractivity contribution in [1.82, 2.24) is 14.5 Å². The summed E-state index contributed by atoms with van der Waals surface area (Å²) in [6, 6.07) is 8.10. The van der Waals surface area contributed by atoms with Gasteiger partial charge in [-0.2, -0.15) is 0 Å². The zero-order valence-electron chi connectivity index (χ0n) is 16.4. The highest BCUT2D eigenvalue weighted by Gasteiger charge is 2.35. The van der Waals surface area contributed by atoms with Gasteiger partial charge in [0.05, 0.1) is 22.1 Å². The smallest absolute Gasteiger partial charge is 0.142 e. The van der Waals surface area contributed by atoms with E-state index in [9.17, 15) is 14.6 Å². The van der Waals surface area contributed by atoms with E-state index in [1.54, 1.807) is 18.5 Å². The summed E-state index contributed by atoms with van der Waals surface area (Å²) in [6.07, 6.45) is 6.24. The van der Waals surface area contributed by atoms with Crippen LogP contribution in [-0.4, -0.2) is 37.0 Å². The molecular formula is C23H20ClFN4O2. The summed E-state index contributed by atoms with van der Waals surface area (Å²) < 4.78 is 16.5. The number of halogens is 2. The number of benzene rings is 1. The number of hydrogen-bond donors (Lipinski definition) is 3. The van der Waals surface area contributed by atoms with E-state index < -0.39 is 18.0 Å². The minimum Gasteiger partial charge on any atom is -0.388 e. The molecule has 0 amide bonds. The zero-order valence-corrected chi connectivity index (χ0v) is 17.2. The van der Waals surface area contributed by atoms with Crippen LogP contribution in [0.15, 0.2) is 60.6 Å². The normalized spacial score (nSPS) is 21.2. The lowest BCUT2D eigenvalue weighted by Crippen LogP contribution is -2.29. The quantitative estimate of drug-likeness (QED) is 0.421. The van der Waals surface area contributed by atoms with Crippen LogP contribution >= 0.6 is 11.6 Å². The van der Waals surface area contributed by atoms with Crippen molar-refractivity contribution >= 4 is 39.2 Å². The number of rotatable bonds is 4. The lowest BCUT2D eigenvalue weighted by atomic mass is 10.0. The highest BCUT2D eigenvalue weighted by atomic mass is 35.5. The fraction of sp³-hybridized carbons (Fsp3) is 0.217. The van der Waals surface area contributed by atoms with Gasteiger partial charge in [-0.1, -0.05) is 17.7 Å². The minimum atomic E-state index is -0.984. The predicted octanol–water partition coefficient (Wildman–Crippen LogP) is 3.79. The first-order valence-electron chi connectivity index (χ1n) is 9.94. The van der Waals surface area contributed by atoms with Gasteiger partial charge in [-0.25, -0.2) is 9.37 Å². The first-order valence-corrected chi connectivity index (χ1v) is 10.3. The number of fused-ring (bicyclic) bond motifs is 2. The fourth-order valence-corrected chi connectivity index (χ4v) is 4.42. The van der Waals surface area contributed by atoms with Crippen molar-refractivity contribution in [1.29, 1.82) is 0 Å². The van der Waals surface area contributed by atoms with Crippen molar-refractivity contribution in [3.8, 4) is 0 Å². The molecule has 6 nitrogen and oxygen atoms in total. The van der Waals surface area contributed by atoms with E-state index in [-0.39, 0.29) is 16.9 Å². The second kappa shape index (κ2) is 7.60. The number of pyridine rings is 2. The summed E-state index contributed by atoms with van der Waals surface area (Å²) in [4.78, 5) is 8.28. The first-order chi connectivity index (χ1) is 14.9. The molecule has 158 valence electrons. The highest BCUT2D eigenvalue weighted by molar-refractivity contribution is 6.33. The standard InChI is InChI=1S/C23H20ClFN4O2/c24-16-10-15-17(25)7-12(8-18(15)28-23(16)26)1-2-13-9-20(22(31)21(13)30)29-6-4-14-11-27-5-3-19(14)29/h3-11,20-22,30-31H,1-2H2,(H2,26,28)/t20?,21?,22-/m1/s1. The van der Waals surface area contributed by atoms with E-state index >= 15 is 0 Å². The third-order valence-corrected chi connectivity index (χ3v) is 6.21. The Balaban J connectivity index is 1.41. The summed E-state index contributed by atoms with van der Waals surface area (Å²) in [7, 11) is 0. The van der Waals surface area contributed by atoms with Gasteiger partial charge in [0.15, 0.2) is 0 Å². The Labute approximate surface area is 182 Å². The topological polar surface area (TPSA) is 97.2 Å². The Hall–Kier alpha value is -3.00. The van der Waals surface area contributed by atoms with Crippen molar-refractivity contribution in [2.75, 3.05) is 5.73 Å². The van der Waals surface area contributed by atoms with Crippen molar-refractivity contribution in [3.05, 3.63) is 77.0 Å². The van der Waals surface area contributed by atoms with Crippen LogP contribution < -0.4 is 5.73 Å². The van der Waals surface area contributed by atoms with E-state index in [4.69, 9.17) is 17.3 Å². The molecule has 8 heteroatoms. The fourth-order valence-electron chi connectivity index (χ4n) is 4.27. The molecule has 1 aliphatic carbocycles. The summed E-state index contributed by atoms with van der Waals surface area (Å²) in [5, 5.41) is 22.8. The SMILES string of the molecule is Nc1nc2cc(CCC3=CC(n4ccc5cnccc54)[C@@H](O)C3O)cc(F)c2cc1Cl. The minimum absolute atomic E-state index is 0.153. The van der Waals surface area contributed by atoms with E-state index in [1.807, 2.05) is 29.0 Å². The molecule has 0 bridgehead atoms. The summed E-state index contributed by atoms with van der Waals surface area (Å²) in [5.41, 5.74) is 8.56. The number of hydrogen-bond acceptors (Lipinski definition) is 5. The van der Waals surface area contributed by atoms with Gasteiger partial charge in [0.2, 0.25) is 0 Å². The molecule has 0 saturated carbocycles. The number of nitrogens with two attached hydrogens (primary N) is 1. The largest absolute Gasteiger partial charge is 0.388 e. The molecule has 0 aliphatic heterocycles. The summed E-state index contributed by atoms with van der Waals surface area (Å²) in [6.45, 7) is 0. The van der Waals surface area contributed by atoms with Crippen LogP contribution in [0.25, 0.3) is 21.8 Å². The lowest BCUT2D eigenvalue weighted by molar-refractivity contribution is 0.0318. The van der Waals surface area contributed by atoms with Crippen LogP contribution in [0.2, 0.25) is 5.02 Å². The Morgan fingerprint density at radius 2 is 2.00 bits per heavy atom. The Morgan fingerprint density at radius 3 is 2.84 bits per heavy atom. The molecule has 3 aromatic heterocycles.